The van der Waals surface area contributed by atoms with Gasteiger partial charge in [-0.15, -0.1) is 24.2 Å². The maximum Gasteiger partial charge on any atom is 0.220 e. The van der Waals surface area contributed by atoms with Gasteiger partial charge >= 0.3 is 0 Å². The molecule has 1 aliphatic carbocycles. The van der Waals surface area contributed by atoms with Gasteiger partial charge in [0.1, 0.15) is 0 Å². The normalized spacial score (nSPS) is 15.1. The lowest BCUT2D eigenvalue weighted by Gasteiger charge is -2.11. The van der Waals surface area contributed by atoms with Crippen LogP contribution in [0.4, 0.5) is 0 Å². The molecule has 0 radical (unpaired) electrons. The van der Waals surface area contributed by atoms with Crippen LogP contribution in [0.15, 0.2) is 33.6 Å². The third-order valence-corrected chi connectivity index (χ3v) is 5.02. The molecule has 1 fully saturated rings. The molecule has 1 amide bonds. The molecule has 1 aromatic rings. The minimum absolute atomic E-state index is 0. The van der Waals surface area contributed by atoms with E-state index in [0.717, 1.165) is 16.6 Å². The average molecular weight is 394 g/mol. The van der Waals surface area contributed by atoms with Crippen molar-refractivity contribution in [1.29, 1.82) is 0 Å². The fourth-order valence-corrected chi connectivity index (χ4v) is 3.08. The monoisotopic (exact) mass is 392 g/mol. The lowest BCUT2D eigenvalue weighted by atomic mass is 10.2. The van der Waals surface area contributed by atoms with E-state index in [9.17, 15) is 4.79 Å². The van der Waals surface area contributed by atoms with Gasteiger partial charge in [0, 0.05) is 28.4 Å². The number of amides is 1. The van der Waals surface area contributed by atoms with Gasteiger partial charge in [0.2, 0.25) is 5.91 Å². The topological polar surface area (TPSA) is 55.1 Å². The lowest BCUT2D eigenvalue weighted by molar-refractivity contribution is -0.121. The van der Waals surface area contributed by atoms with E-state index in [-0.39, 0.29) is 24.4 Å². The maximum atomic E-state index is 11.7. The van der Waals surface area contributed by atoms with E-state index in [1.807, 2.05) is 12.1 Å². The molecule has 21 heavy (non-hydrogen) atoms. The first kappa shape index (κ1) is 18.8. The first-order chi connectivity index (χ1) is 9.65. The van der Waals surface area contributed by atoms with Crippen LogP contribution in [0.3, 0.4) is 0 Å². The fraction of sp³-hybridized carbons (Fsp3) is 0.533. The molecule has 0 bridgehead atoms. The number of halogens is 2. The number of hydrogen-bond acceptors (Lipinski definition) is 3. The number of thioether (sulfide) groups is 1. The first-order valence-corrected chi connectivity index (χ1v) is 8.83. The van der Waals surface area contributed by atoms with E-state index in [1.54, 1.807) is 11.8 Å². The Hall–Kier alpha value is -0.230. The number of carbonyl (C=O) groups is 1. The van der Waals surface area contributed by atoms with E-state index >= 15 is 0 Å². The summed E-state index contributed by atoms with van der Waals surface area (Å²) in [7, 11) is 0. The Morgan fingerprint density at radius 3 is 2.67 bits per heavy atom. The van der Waals surface area contributed by atoms with Gasteiger partial charge in [0.15, 0.2) is 0 Å². The van der Waals surface area contributed by atoms with E-state index < -0.39 is 0 Å². The highest BCUT2D eigenvalue weighted by molar-refractivity contribution is 9.10. The standard InChI is InChI=1S/C15H21BrN2OS.ClH/c16-12-5-7-13(8-6-12)20-9-1-2-15(19)18-10-14(17)11-3-4-11;/h5-8,11,14H,1-4,9-10,17H2,(H,18,19);1H. The third kappa shape index (κ3) is 7.54. The molecule has 0 aromatic heterocycles. The summed E-state index contributed by atoms with van der Waals surface area (Å²) in [6.45, 7) is 0.628. The van der Waals surface area contributed by atoms with Crippen LogP contribution in [0.5, 0.6) is 0 Å². The number of rotatable bonds is 8. The average Bonchev–Trinajstić information content (AvgIpc) is 3.27. The Morgan fingerprint density at radius 1 is 1.38 bits per heavy atom. The Kier molecular flexibility index (Phi) is 8.71. The van der Waals surface area contributed by atoms with Gasteiger partial charge in [-0.2, -0.15) is 0 Å². The Balaban J connectivity index is 0.00000220. The predicted molar refractivity (Wildman–Crippen MR) is 95.1 cm³/mol. The van der Waals surface area contributed by atoms with Gasteiger partial charge in [-0.1, -0.05) is 15.9 Å². The highest BCUT2D eigenvalue weighted by Gasteiger charge is 2.28. The molecular weight excluding hydrogens is 372 g/mol. The van der Waals surface area contributed by atoms with Crippen molar-refractivity contribution < 1.29 is 4.79 Å². The van der Waals surface area contributed by atoms with Gasteiger partial charge in [0.05, 0.1) is 0 Å². The zero-order valence-electron chi connectivity index (χ0n) is 11.9. The van der Waals surface area contributed by atoms with Crippen molar-refractivity contribution in [1.82, 2.24) is 5.32 Å². The van der Waals surface area contributed by atoms with Crippen molar-refractivity contribution in [2.45, 2.75) is 36.6 Å². The number of hydrogen-bond donors (Lipinski definition) is 2. The molecule has 6 heteroatoms. The number of benzene rings is 1. The summed E-state index contributed by atoms with van der Waals surface area (Å²) in [4.78, 5) is 12.9. The van der Waals surface area contributed by atoms with Gasteiger partial charge in [0.25, 0.3) is 0 Å². The summed E-state index contributed by atoms with van der Waals surface area (Å²) in [6, 6.07) is 8.39. The van der Waals surface area contributed by atoms with Crippen LogP contribution in [-0.2, 0) is 4.79 Å². The molecule has 118 valence electrons. The maximum absolute atomic E-state index is 11.7. The zero-order valence-corrected chi connectivity index (χ0v) is 15.1. The zero-order chi connectivity index (χ0) is 14.4. The van der Waals surface area contributed by atoms with Crippen molar-refractivity contribution in [3.05, 3.63) is 28.7 Å². The van der Waals surface area contributed by atoms with E-state index in [0.29, 0.717) is 18.9 Å². The van der Waals surface area contributed by atoms with Crippen LogP contribution in [0.2, 0.25) is 0 Å². The SMILES string of the molecule is Cl.NC(CNC(=O)CCCSc1ccc(Br)cc1)C1CC1. The molecule has 1 aromatic carbocycles. The molecule has 0 aliphatic heterocycles. The second-order valence-electron chi connectivity index (χ2n) is 5.21. The number of carbonyl (C=O) groups excluding carboxylic acids is 1. The van der Waals surface area contributed by atoms with Crippen molar-refractivity contribution in [3.63, 3.8) is 0 Å². The van der Waals surface area contributed by atoms with Gasteiger partial charge in [-0.05, 0) is 55.2 Å². The molecule has 1 atom stereocenters. The molecule has 1 unspecified atom stereocenters. The summed E-state index contributed by atoms with van der Waals surface area (Å²) in [6.07, 6.45) is 3.92. The highest BCUT2D eigenvalue weighted by Crippen LogP contribution is 2.31. The minimum atomic E-state index is 0. The fourth-order valence-electron chi connectivity index (χ4n) is 1.96. The van der Waals surface area contributed by atoms with Crippen molar-refractivity contribution in [3.8, 4) is 0 Å². The molecule has 1 saturated carbocycles. The molecule has 2 rings (SSSR count). The van der Waals surface area contributed by atoms with E-state index in [1.165, 1.54) is 17.7 Å². The second-order valence-corrected chi connectivity index (χ2v) is 7.30. The third-order valence-electron chi connectivity index (χ3n) is 3.39. The molecule has 0 heterocycles. The van der Waals surface area contributed by atoms with Crippen molar-refractivity contribution in [2.75, 3.05) is 12.3 Å². The van der Waals surface area contributed by atoms with Crippen LogP contribution in [-0.4, -0.2) is 24.2 Å². The molecule has 1 aliphatic rings. The molecule has 0 saturated heterocycles. The molecule has 3 N–H and O–H groups in total. The summed E-state index contributed by atoms with van der Waals surface area (Å²) in [5.41, 5.74) is 5.95. The first-order valence-electron chi connectivity index (χ1n) is 7.06. The van der Waals surface area contributed by atoms with Crippen LogP contribution < -0.4 is 11.1 Å². The van der Waals surface area contributed by atoms with Gasteiger partial charge < -0.3 is 11.1 Å². The number of nitrogens with two attached hydrogens (primary N) is 1. The quantitative estimate of drug-likeness (QED) is 0.524. The smallest absolute Gasteiger partial charge is 0.220 e. The Labute approximate surface area is 145 Å². The lowest BCUT2D eigenvalue weighted by Crippen LogP contribution is -2.38. The predicted octanol–water partition coefficient (Wildman–Crippen LogP) is 3.60. The molecule has 3 nitrogen and oxygen atoms in total. The van der Waals surface area contributed by atoms with Gasteiger partial charge in [-0.3, -0.25) is 4.79 Å². The minimum Gasteiger partial charge on any atom is -0.355 e. The largest absolute Gasteiger partial charge is 0.355 e. The summed E-state index contributed by atoms with van der Waals surface area (Å²) >= 11 is 5.20. The number of nitrogens with one attached hydrogen (secondary N) is 1. The summed E-state index contributed by atoms with van der Waals surface area (Å²) < 4.78 is 1.09. The summed E-state index contributed by atoms with van der Waals surface area (Å²) in [5, 5.41) is 2.93. The highest BCUT2D eigenvalue weighted by atomic mass is 79.9. The van der Waals surface area contributed by atoms with E-state index in [2.05, 4.69) is 33.4 Å². The molecular formula is C15H22BrClN2OS. The molecule has 0 spiro atoms. The summed E-state index contributed by atoms with van der Waals surface area (Å²) in [5.74, 6) is 1.73. The van der Waals surface area contributed by atoms with Crippen molar-refractivity contribution >= 4 is 46.0 Å². The van der Waals surface area contributed by atoms with Crippen molar-refractivity contribution in [2.24, 2.45) is 11.7 Å². The Morgan fingerprint density at radius 2 is 2.05 bits per heavy atom. The van der Waals surface area contributed by atoms with Crippen LogP contribution in [0.25, 0.3) is 0 Å². The Bertz CT molecular complexity index is 440. The van der Waals surface area contributed by atoms with Crippen LogP contribution >= 0.6 is 40.1 Å². The van der Waals surface area contributed by atoms with Crippen LogP contribution in [0.1, 0.15) is 25.7 Å². The van der Waals surface area contributed by atoms with Crippen LogP contribution in [0, 0.1) is 5.92 Å². The second kappa shape index (κ2) is 9.72. The van der Waals surface area contributed by atoms with Gasteiger partial charge in [-0.25, -0.2) is 0 Å². The van der Waals surface area contributed by atoms with E-state index in [4.69, 9.17) is 5.73 Å².